The van der Waals surface area contributed by atoms with E-state index in [1.54, 1.807) is 16.7 Å². The molecule has 1 heterocycles. The first kappa shape index (κ1) is 16.3. The van der Waals surface area contributed by atoms with E-state index >= 15 is 0 Å². The number of hydrogen-bond donors (Lipinski definition) is 2. The Morgan fingerprint density at radius 1 is 1.22 bits per heavy atom. The Balaban J connectivity index is 1.55. The van der Waals surface area contributed by atoms with Gasteiger partial charge < -0.3 is 10.2 Å². The molecule has 3 nitrogen and oxygen atoms in total. The molecule has 0 saturated carbocycles. The van der Waals surface area contributed by atoms with E-state index in [-0.39, 0.29) is 0 Å². The Kier molecular flexibility index (Phi) is 5.54. The third-order valence-corrected chi connectivity index (χ3v) is 5.14. The van der Waals surface area contributed by atoms with Gasteiger partial charge in [-0.1, -0.05) is 36.4 Å². The van der Waals surface area contributed by atoms with Gasteiger partial charge in [-0.3, -0.25) is 4.90 Å². The summed E-state index contributed by atoms with van der Waals surface area (Å²) in [6, 6.07) is 19.0. The maximum absolute atomic E-state index is 5.59. The predicted octanol–water partition coefficient (Wildman–Crippen LogP) is 2.46. The number of quaternary nitrogens is 1. The summed E-state index contributed by atoms with van der Waals surface area (Å²) in [5, 5.41) is 4.20. The standard InChI is InChI=1S/C18H21N3S2/c1-23-17-9-5-8-16(12-17)19-18(22)21-11-10-20(14-21)13-15-6-3-2-4-7-15/h2-9,12H,10-11,13-14H2,1H3,(H,19,22)/p+1. The van der Waals surface area contributed by atoms with Crippen molar-refractivity contribution in [3.05, 3.63) is 60.2 Å². The zero-order chi connectivity index (χ0) is 16.1. The fourth-order valence-electron chi connectivity index (χ4n) is 2.83. The van der Waals surface area contributed by atoms with Crippen LogP contribution in [0, 0.1) is 0 Å². The molecular formula is C18H22N3S2+. The van der Waals surface area contributed by atoms with Crippen LogP contribution in [0.1, 0.15) is 5.56 Å². The number of rotatable bonds is 4. The number of nitrogens with one attached hydrogen (secondary N) is 2. The molecular weight excluding hydrogens is 322 g/mol. The van der Waals surface area contributed by atoms with Gasteiger partial charge in [0, 0.05) is 16.1 Å². The lowest BCUT2D eigenvalue weighted by Gasteiger charge is -2.19. The highest BCUT2D eigenvalue weighted by Gasteiger charge is 2.25. The number of thioether (sulfide) groups is 1. The van der Waals surface area contributed by atoms with Gasteiger partial charge in [-0.25, -0.2) is 0 Å². The van der Waals surface area contributed by atoms with Crippen LogP contribution < -0.4 is 10.2 Å². The van der Waals surface area contributed by atoms with Crippen molar-refractivity contribution in [3.63, 3.8) is 0 Å². The molecule has 3 rings (SSSR count). The van der Waals surface area contributed by atoms with Crippen molar-refractivity contribution in [2.24, 2.45) is 0 Å². The molecule has 5 heteroatoms. The van der Waals surface area contributed by atoms with E-state index in [9.17, 15) is 0 Å². The second-order valence-corrected chi connectivity index (χ2v) is 7.01. The van der Waals surface area contributed by atoms with Crippen molar-refractivity contribution < 1.29 is 4.90 Å². The van der Waals surface area contributed by atoms with Crippen LogP contribution >= 0.6 is 24.0 Å². The zero-order valence-electron chi connectivity index (χ0n) is 13.3. The summed E-state index contributed by atoms with van der Waals surface area (Å²) < 4.78 is 0. The summed E-state index contributed by atoms with van der Waals surface area (Å²) >= 11 is 7.33. The number of nitrogens with zero attached hydrogens (tertiary/aromatic N) is 1. The third kappa shape index (κ3) is 4.47. The molecule has 23 heavy (non-hydrogen) atoms. The lowest BCUT2D eigenvalue weighted by molar-refractivity contribution is -0.904. The fourth-order valence-corrected chi connectivity index (χ4v) is 3.56. The van der Waals surface area contributed by atoms with Crippen molar-refractivity contribution in [1.29, 1.82) is 0 Å². The second-order valence-electron chi connectivity index (χ2n) is 5.75. The molecule has 2 aromatic rings. The molecule has 1 unspecified atom stereocenters. The van der Waals surface area contributed by atoms with Gasteiger partial charge in [-0.15, -0.1) is 11.8 Å². The molecule has 1 aliphatic heterocycles. The van der Waals surface area contributed by atoms with E-state index in [0.29, 0.717) is 0 Å². The summed E-state index contributed by atoms with van der Waals surface area (Å²) in [4.78, 5) is 5.06. The van der Waals surface area contributed by atoms with Gasteiger partial charge in [0.25, 0.3) is 0 Å². The molecule has 0 spiro atoms. The molecule has 0 bridgehead atoms. The predicted molar refractivity (Wildman–Crippen MR) is 102 cm³/mol. The van der Waals surface area contributed by atoms with Crippen LogP contribution in [0.4, 0.5) is 5.69 Å². The van der Waals surface area contributed by atoms with Crippen molar-refractivity contribution in [2.75, 3.05) is 31.3 Å². The van der Waals surface area contributed by atoms with E-state index in [1.165, 1.54) is 10.5 Å². The van der Waals surface area contributed by atoms with Crippen molar-refractivity contribution >= 4 is 34.8 Å². The van der Waals surface area contributed by atoms with E-state index in [2.05, 4.69) is 71.1 Å². The Hall–Kier alpha value is -1.56. The molecule has 0 amide bonds. The van der Waals surface area contributed by atoms with Gasteiger partial charge in [-0.05, 0) is 36.7 Å². The van der Waals surface area contributed by atoms with Crippen molar-refractivity contribution in [2.45, 2.75) is 11.4 Å². The molecule has 2 aromatic carbocycles. The summed E-state index contributed by atoms with van der Waals surface area (Å²) in [7, 11) is 0. The van der Waals surface area contributed by atoms with Gasteiger partial charge in [-0.2, -0.15) is 0 Å². The van der Waals surface area contributed by atoms with Gasteiger partial charge in [0.05, 0.1) is 13.1 Å². The minimum absolute atomic E-state index is 0.825. The highest BCUT2D eigenvalue weighted by atomic mass is 32.2. The van der Waals surface area contributed by atoms with Crippen LogP contribution in [0.25, 0.3) is 0 Å². The summed E-state index contributed by atoms with van der Waals surface area (Å²) in [5.74, 6) is 0. The highest BCUT2D eigenvalue weighted by Crippen LogP contribution is 2.19. The Bertz CT molecular complexity index is 660. The van der Waals surface area contributed by atoms with Crippen LogP contribution in [0.3, 0.4) is 0 Å². The van der Waals surface area contributed by atoms with Gasteiger partial charge in [0.2, 0.25) is 0 Å². The van der Waals surface area contributed by atoms with E-state index in [4.69, 9.17) is 12.2 Å². The normalized spacial score (nSPS) is 17.3. The molecule has 0 radical (unpaired) electrons. The van der Waals surface area contributed by atoms with Crippen molar-refractivity contribution in [1.82, 2.24) is 4.90 Å². The van der Waals surface area contributed by atoms with Crippen LogP contribution in [-0.4, -0.2) is 36.0 Å². The molecule has 1 fully saturated rings. The quantitative estimate of drug-likeness (QED) is 0.656. The van der Waals surface area contributed by atoms with E-state index < -0.39 is 0 Å². The van der Waals surface area contributed by atoms with Gasteiger partial charge in [0.15, 0.2) is 11.8 Å². The van der Waals surface area contributed by atoms with E-state index in [0.717, 1.165) is 37.1 Å². The molecule has 0 aromatic heterocycles. The first-order valence-electron chi connectivity index (χ1n) is 7.82. The largest absolute Gasteiger partial charge is 0.332 e. The first-order valence-corrected chi connectivity index (χ1v) is 9.45. The second kappa shape index (κ2) is 7.81. The smallest absolute Gasteiger partial charge is 0.177 e. The van der Waals surface area contributed by atoms with Crippen LogP contribution in [-0.2, 0) is 6.54 Å². The molecule has 1 saturated heterocycles. The monoisotopic (exact) mass is 344 g/mol. The number of hydrogen-bond acceptors (Lipinski definition) is 2. The van der Waals surface area contributed by atoms with E-state index in [1.807, 2.05) is 0 Å². The maximum Gasteiger partial charge on any atom is 0.177 e. The SMILES string of the molecule is CSc1cccc(NC(=S)N2CC[NH+](Cc3ccccc3)C2)c1. The summed E-state index contributed by atoms with van der Waals surface area (Å²) in [6.45, 7) is 4.16. The number of benzene rings is 2. The Morgan fingerprint density at radius 2 is 2.04 bits per heavy atom. The zero-order valence-corrected chi connectivity index (χ0v) is 14.9. The minimum atomic E-state index is 0.825. The fraction of sp³-hybridized carbons (Fsp3) is 0.278. The molecule has 120 valence electrons. The Labute approximate surface area is 147 Å². The van der Waals surface area contributed by atoms with Gasteiger partial charge >= 0.3 is 0 Å². The number of anilines is 1. The molecule has 1 aliphatic rings. The minimum Gasteiger partial charge on any atom is -0.332 e. The van der Waals surface area contributed by atoms with Crippen molar-refractivity contribution in [3.8, 4) is 0 Å². The molecule has 0 aliphatic carbocycles. The van der Waals surface area contributed by atoms with Crippen LogP contribution in [0.5, 0.6) is 0 Å². The molecule has 1 atom stereocenters. The lowest BCUT2D eigenvalue weighted by Crippen LogP contribution is -3.09. The summed E-state index contributed by atoms with van der Waals surface area (Å²) in [5.41, 5.74) is 2.45. The third-order valence-electron chi connectivity index (χ3n) is 4.05. The highest BCUT2D eigenvalue weighted by molar-refractivity contribution is 7.98. The van der Waals surface area contributed by atoms with Crippen LogP contribution in [0.2, 0.25) is 0 Å². The van der Waals surface area contributed by atoms with Crippen LogP contribution in [0.15, 0.2) is 59.5 Å². The van der Waals surface area contributed by atoms with Gasteiger partial charge in [0.1, 0.15) is 6.54 Å². The maximum atomic E-state index is 5.59. The Morgan fingerprint density at radius 3 is 2.83 bits per heavy atom. The average molecular weight is 345 g/mol. The average Bonchev–Trinajstić information content (AvgIpc) is 3.04. The number of thiocarbonyl (C=S) groups is 1. The topological polar surface area (TPSA) is 19.7 Å². The summed E-state index contributed by atoms with van der Waals surface area (Å²) in [6.07, 6.45) is 2.09. The lowest BCUT2D eigenvalue weighted by atomic mass is 10.2. The molecule has 2 N–H and O–H groups in total. The first-order chi connectivity index (χ1) is 11.2.